The largest absolute Gasteiger partial charge is 0.493 e. The summed E-state index contributed by atoms with van der Waals surface area (Å²) < 4.78 is 15.8. The van der Waals surface area contributed by atoms with Crippen LogP contribution < -0.4 is 9.47 Å². The molecule has 3 aromatic rings. The summed E-state index contributed by atoms with van der Waals surface area (Å²) in [4.78, 5) is 20.4. The Labute approximate surface area is 149 Å². The lowest BCUT2D eigenvalue weighted by Crippen LogP contribution is -2.03. The molecule has 6 nitrogen and oxygen atoms in total. The predicted molar refractivity (Wildman–Crippen MR) is 94.0 cm³/mol. The number of pyridine rings is 1. The second-order valence-corrected chi connectivity index (χ2v) is 5.86. The van der Waals surface area contributed by atoms with E-state index in [0.717, 1.165) is 16.4 Å². The van der Waals surface area contributed by atoms with Crippen LogP contribution in [-0.2, 0) is 11.3 Å². The number of hydrogen-bond donors (Lipinski definition) is 0. The fourth-order valence-electron chi connectivity index (χ4n) is 2.16. The number of methoxy groups -OCH3 is 2. The van der Waals surface area contributed by atoms with Gasteiger partial charge < -0.3 is 14.2 Å². The molecule has 3 rings (SSSR count). The molecule has 2 heterocycles. The summed E-state index contributed by atoms with van der Waals surface area (Å²) in [5, 5.41) is 2.77. The van der Waals surface area contributed by atoms with Gasteiger partial charge in [-0.15, -0.1) is 11.3 Å². The summed E-state index contributed by atoms with van der Waals surface area (Å²) in [7, 11) is 2.85. The van der Waals surface area contributed by atoms with Crippen molar-refractivity contribution < 1.29 is 19.0 Å². The molecular weight excluding hydrogens is 340 g/mol. The quantitative estimate of drug-likeness (QED) is 0.629. The van der Waals surface area contributed by atoms with Crippen LogP contribution in [0.15, 0.2) is 48.0 Å². The van der Waals surface area contributed by atoms with Crippen molar-refractivity contribution in [1.82, 2.24) is 9.97 Å². The van der Waals surface area contributed by atoms with Crippen molar-refractivity contribution in [3.63, 3.8) is 0 Å². The van der Waals surface area contributed by atoms with E-state index in [1.165, 1.54) is 25.6 Å². The molecule has 0 unspecified atom stereocenters. The van der Waals surface area contributed by atoms with Crippen molar-refractivity contribution in [3.8, 4) is 22.2 Å². The zero-order valence-electron chi connectivity index (χ0n) is 13.8. The predicted octanol–water partition coefficient (Wildman–Crippen LogP) is 3.58. The minimum atomic E-state index is -0.427. The highest BCUT2D eigenvalue weighted by atomic mass is 32.1. The summed E-state index contributed by atoms with van der Waals surface area (Å²) >= 11 is 1.51. The van der Waals surface area contributed by atoms with Gasteiger partial charge in [0.05, 0.1) is 31.2 Å². The Kier molecular flexibility index (Phi) is 5.25. The highest BCUT2D eigenvalue weighted by molar-refractivity contribution is 7.13. The first-order valence-corrected chi connectivity index (χ1v) is 8.34. The molecule has 0 fully saturated rings. The van der Waals surface area contributed by atoms with Crippen LogP contribution in [-0.4, -0.2) is 30.2 Å². The third kappa shape index (κ3) is 3.95. The van der Waals surface area contributed by atoms with Crippen molar-refractivity contribution >= 4 is 17.3 Å². The summed E-state index contributed by atoms with van der Waals surface area (Å²) in [5.41, 5.74) is 2.03. The third-order valence-electron chi connectivity index (χ3n) is 3.40. The summed E-state index contributed by atoms with van der Waals surface area (Å²) in [5.74, 6) is 0.565. The molecule has 2 aromatic heterocycles. The van der Waals surface area contributed by atoms with Crippen molar-refractivity contribution in [2.24, 2.45) is 0 Å². The number of rotatable bonds is 6. The first-order chi connectivity index (χ1) is 12.2. The van der Waals surface area contributed by atoms with Crippen molar-refractivity contribution in [2.75, 3.05) is 14.2 Å². The molecule has 0 aliphatic rings. The zero-order valence-corrected chi connectivity index (χ0v) is 14.6. The second kappa shape index (κ2) is 7.76. The van der Waals surface area contributed by atoms with E-state index in [1.54, 1.807) is 24.4 Å². The number of ether oxygens (including phenoxy) is 3. The number of benzene rings is 1. The zero-order chi connectivity index (χ0) is 17.6. The van der Waals surface area contributed by atoms with Crippen LogP contribution >= 0.6 is 11.3 Å². The number of aromatic nitrogens is 2. The van der Waals surface area contributed by atoms with E-state index in [-0.39, 0.29) is 6.61 Å². The molecule has 0 amide bonds. The van der Waals surface area contributed by atoms with Gasteiger partial charge in [-0.25, -0.2) is 9.78 Å². The van der Waals surface area contributed by atoms with Crippen molar-refractivity contribution in [2.45, 2.75) is 6.61 Å². The van der Waals surface area contributed by atoms with Gasteiger partial charge in [0.15, 0.2) is 11.5 Å². The summed E-state index contributed by atoms with van der Waals surface area (Å²) in [6.45, 7) is 0.289. The maximum absolute atomic E-state index is 11.6. The lowest BCUT2D eigenvalue weighted by molar-refractivity contribution is 0.0600. The Balaban J connectivity index is 1.71. The molecular formula is C18H16N2O4S. The normalized spacial score (nSPS) is 10.3. The smallest absolute Gasteiger partial charge is 0.337 e. The third-order valence-corrected chi connectivity index (χ3v) is 4.31. The van der Waals surface area contributed by atoms with Gasteiger partial charge in [0.25, 0.3) is 0 Å². The minimum Gasteiger partial charge on any atom is -0.493 e. The van der Waals surface area contributed by atoms with Gasteiger partial charge in [-0.3, -0.25) is 4.98 Å². The van der Waals surface area contributed by atoms with Crippen LogP contribution in [0.2, 0.25) is 0 Å². The minimum absolute atomic E-state index is 0.289. The first kappa shape index (κ1) is 16.9. The number of carbonyl (C=O) groups is 1. The van der Waals surface area contributed by atoms with Crippen molar-refractivity contribution in [3.05, 3.63) is 59.2 Å². The molecule has 0 aliphatic carbocycles. The Hall–Kier alpha value is -2.93. The molecule has 0 N–H and O–H groups in total. The van der Waals surface area contributed by atoms with Gasteiger partial charge in [-0.2, -0.15) is 0 Å². The molecule has 7 heteroatoms. The molecule has 25 heavy (non-hydrogen) atoms. The molecule has 0 spiro atoms. The van der Waals surface area contributed by atoms with Crippen LogP contribution in [0.25, 0.3) is 10.7 Å². The van der Waals surface area contributed by atoms with Crippen LogP contribution in [0.1, 0.15) is 16.1 Å². The van der Waals surface area contributed by atoms with Gasteiger partial charge >= 0.3 is 5.97 Å². The van der Waals surface area contributed by atoms with Crippen LogP contribution in [0.3, 0.4) is 0 Å². The Morgan fingerprint density at radius 2 is 2.04 bits per heavy atom. The SMILES string of the molecule is COC(=O)c1ccc(OCc2csc(-c3ccccn3)n2)c(OC)c1. The summed E-state index contributed by atoms with van der Waals surface area (Å²) in [6, 6.07) is 10.6. The Morgan fingerprint density at radius 3 is 2.76 bits per heavy atom. The average Bonchev–Trinajstić information content (AvgIpc) is 3.15. The molecule has 0 saturated heterocycles. The van der Waals surface area contributed by atoms with E-state index in [0.29, 0.717) is 17.1 Å². The fourth-order valence-corrected chi connectivity index (χ4v) is 2.94. The van der Waals surface area contributed by atoms with Gasteiger partial charge in [-0.05, 0) is 30.3 Å². The topological polar surface area (TPSA) is 70.5 Å². The summed E-state index contributed by atoms with van der Waals surface area (Å²) in [6.07, 6.45) is 1.74. The fraction of sp³-hybridized carbons (Fsp3) is 0.167. The number of thiazole rings is 1. The lowest BCUT2D eigenvalue weighted by Gasteiger charge is -2.10. The van der Waals surface area contributed by atoms with Crippen LogP contribution in [0, 0.1) is 0 Å². The molecule has 128 valence electrons. The molecule has 1 aromatic carbocycles. The van der Waals surface area contributed by atoms with Crippen LogP contribution in [0.5, 0.6) is 11.5 Å². The van der Waals surface area contributed by atoms with E-state index in [4.69, 9.17) is 14.2 Å². The second-order valence-electron chi connectivity index (χ2n) is 5.00. The van der Waals surface area contributed by atoms with Crippen LogP contribution in [0.4, 0.5) is 0 Å². The molecule has 0 bridgehead atoms. The molecule has 0 atom stereocenters. The highest BCUT2D eigenvalue weighted by Gasteiger charge is 2.12. The van der Waals surface area contributed by atoms with Gasteiger partial charge in [-0.1, -0.05) is 6.07 Å². The van der Waals surface area contributed by atoms with E-state index in [1.807, 2.05) is 23.6 Å². The number of hydrogen-bond acceptors (Lipinski definition) is 7. The van der Waals surface area contributed by atoms with E-state index < -0.39 is 5.97 Å². The highest BCUT2D eigenvalue weighted by Crippen LogP contribution is 2.29. The number of carbonyl (C=O) groups excluding carboxylic acids is 1. The van der Waals surface area contributed by atoms with Gasteiger partial charge in [0, 0.05) is 11.6 Å². The Bertz CT molecular complexity index is 865. The molecule has 0 saturated carbocycles. The monoisotopic (exact) mass is 356 g/mol. The average molecular weight is 356 g/mol. The number of nitrogens with zero attached hydrogens (tertiary/aromatic N) is 2. The first-order valence-electron chi connectivity index (χ1n) is 7.46. The van der Waals surface area contributed by atoms with E-state index in [2.05, 4.69) is 9.97 Å². The standard InChI is InChI=1S/C18H16N2O4S/c1-22-16-9-12(18(21)23-2)6-7-15(16)24-10-13-11-25-17(20-13)14-5-3-4-8-19-14/h3-9,11H,10H2,1-2H3. The molecule has 0 radical (unpaired) electrons. The van der Waals surface area contributed by atoms with E-state index >= 15 is 0 Å². The van der Waals surface area contributed by atoms with Gasteiger partial charge in [0.2, 0.25) is 0 Å². The maximum Gasteiger partial charge on any atom is 0.337 e. The molecule has 0 aliphatic heterocycles. The van der Waals surface area contributed by atoms with Gasteiger partial charge in [0.1, 0.15) is 11.6 Å². The van der Waals surface area contributed by atoms with Crippen molar-refractivity contribution in [1.29, 1.82) is 0 Å². The lowest BCUT2D eigenvalue weighted by atomic mass is 10.2. The Morgan fingerprint density at radius 1 is 1.16 bits per heavy atom. The maximum atomic E-state index is 11.6. The number of esters is 1. The van der Waals surface area contributed by atoms with E-state index in [9.17, 15) is 4.79 Å².